The molecule has 370 valence electrons. The average Bonchev–Trinajstić information content (AvgIpc) is 3.25. The van der Waals surface area contributed by atoms with Crippen molar-refractivity contribution in [1.29, 1.82) is 0 Å². The molecule has 2 heterocycles. The van der Waals surface area contributed by atoms with Gasteiger partial charge in [0.05, 0.1) is 5.02 Å². The molecule has 26 heteroatoms. The molecule has 2 unspecified atom stereocenters. The zero-order valence-electron chi connectivity index (χ0n) is 37.5. The van der Waals surface area contributed by atoms with Crippen molar-refractivity contribution >= 4 is 69.4 Å². The first-order valence-corrected chi connectivity index (χ1v) is 23.1. The number of piperidine rings is 1. The number of carbonyl (C=O) groups excluding carboxylic acids is 7. The average molecular weight is 977 g/mol. The van der Waals surface area contributed by atoms with Crippen molar-refractivity contribution in [2.45, 2.75) is 134 Å². The van der Waals surface area contributed by atoms with Gasteiger partial charge in [-0.1, -0.05) is 58.2 Å². The first-order valence-electron chi connectivity index (χ1n) is 21.3. The summed E-state index contributed by atoms with van der Waals surface area (Å²) in [4.78, 5) is 105. The Morgan fingerprint density at radius 3 is 2.26 bits per heavy atom. The van der Waals surface area contributed by atoms with Gasteiger partial charge in [0.15, 0.2) is 12.1 Å². The van der Waals surface area contributed by atoms with Crippen LogP contribution in [0.15, 0.2) is 23.2 Å². The number of aliphatic hydroxyl groups is 2. The number of benzene rings is 1. The molecule has 0 spiro atoms. The summed E-state index contributed by atoms with van der Waals surface area (Å²) in [6.45, 7) is 6.53. The number of likely N-dealkylation sites (N-methyl/N-ethyl adjacent to an activating group) is 1. The lowest BCUT2D eigenvalue weighted by molar-refractivity contribution is -0.168. The van der Waals surface area contributed by atoms with Crippen LogP contribution in [-0.2, 0) is 59.3 Å². The number of fused-ring (bicyclic) bond motifs is 2. The van der Waals surface area contributed by atoms with Gasteiger partial charge in [0.25, 0.3) is 5.91 Å². The Kier molecular flexibility index (Phi) is 20.4. The first kappa shape index (κ1) is 55.0. The number of esters is 1. The Morgan fingerprint density at radius 1 is 1.02 bits per heavy atom. The predicted octanol–water partition coefficient (Wildman–Crippen LogP) is -2.06. The molecule has 3 rings (SSSR count). The fourth-order valence-corrected chi connectivity index (χ4v) is 7.81. The van der Waals surface area contributed by atoms with E-state index in [9.17, 15) is 57.3 Å². The summed E-state index contributed by atoms with van der Waals surface area (Å²) in [5.41, 5.74) is 11.3. The van der Waals surface area contributed by atoms with Crippen molar-refractivity contribution in [2.24, 2.45) is 28.3 Å². The van der Waals surface area contributed by atoms with Crippen LogP contribution in [0, 0.1) is 11.8 Å². The number of nitrogens with two attached hydrogens (primary N) is 2. The first-order chi connectivity index (χ1) is 30.8. The van der Waals surface area contributed by atoms with E-state index in [0.717, 1.165) is 16.7 Å². The molecule has 2 aliphatic heterocycles. The molecule has 24 nitrogen and oxygen atoms in total. The van der Waals surface area contributed by atoms with E-state index in [1.807, 2.05) is 0 Å². The van der Waals surface area contributed by atoms with Crippen LogP contribution in [0.3, 0.4) is 0 Å². The maximum atomic E-state index is 14.8. The number of aliphatic hydroxyl groups excluding tert-OH is 2. The minimum absolute atomic E-state index is 0.0336. The number of carbonyl (C=O) groups is 7. The summed E-state index contributed by atoms with van der Waals surface area (Å²) in [5, 5.41) is 41.7. The standard InChI is InChI=1S/C40H62ClN9O15S/c1-7-19(3)30-39(60)65-21(5)31(48-35(56)28(52)18-64-66(61,62)63)36(57)45-24(10-9-15-44-40(42)43)33(54)46-25-12-14-29(53)50(37(25)58)32(20(4)8-2)38(59)49(6)26(34(55)47-30)17-22-11-13-27(51)23(41)16-22/h11,13,16,19-21,24-26,28-32,51-53H,7-10,12,14-15,17-18H2,1-6H3,(H,45,57)(H,46,54)(H,47,55)(H,48,56)(H4,42,43,44)(H,61,62,63)/t19-,20-,21-,24?,25-,26?,28+,29+,30-,31-,32+/m0/s1. The minimum Gasteiger partial charge on any atom is -0.506 e. The van der Waals surface area contributed by atoms with E-state index in [4.69, 9.17) is 32.4 Å². The fraction of sp³-hybridized carbons (Fsp3) is 0.650. The highest BCUT2D eigenvalue weighted by Crippen LogP contribution is 2.29. The van der Waals surface area contributed by atoms with Crippen molar-refractivity contribution in [2.75, 3.05) is 20.2 Å². The van der Waals surface area contributed by atoms with E-state index in [2.05, 4.69) is 30.4 Å². The number of rotatable bonds is 15. The lowest BCUT2D eigenvalue weighted by Crippen LogP contribution is -2.66. The molecule has 66 heavy (non-hydrogen) atoms. The highest BCUT2D eigenvalue weighted by Gasteiger charge is 2.47. The number of aromatic hydroxyl groups is 1. The Labute approximate surface area is 387 Å². The second-order valence-corrected chi connectivity index (χ2v) is 17.9. The zero-order chi connectivity index (χ0) is 49.8. The van der Waals surface area contributed by atoms with Crippen LogP contribution in [0.5, 0.6) is 5.75 Å². The van der Waals surface area contributed by atoms with Crippen LogP contribution >= 0.6 is 11.6 Å². The number of nitrogens with one attached hydrogen (secondary N) is 4. The van der Waals surface area contributed by atoms with Crippen LogP contribution in [0.25, 0.3) is 0 Å². The third-order valence-corrected chi connectivity index (χ3v) is 12.3. The van der Waals surface area contributed by atoms with Gasteiger partial charge >= 0.3 is 16.4 Å². The number of hydrogen-bond donors (Lipinski definition) is 10. The van der Waals surface area contributed by atoms with E-state index >= 15 is 0 Å². The molecule has 11 atom stereocenters. The minimum atomic E-state index is -5.14. The van der Waals surface area contributed by atoms with E-state index in [1.165, 1.54) is 25.2 Å². The van der Waals surface area contributed by atoms with Crippen molar-refractivity contribution in [3.05, 3.63) is 28.8 Å². The summed E-state index contributed by atoms with van der Waals surface area (Å²) in [5.74, 6) is -9.14. The molecule has 1 aromatic carbocycles. The lowest BCUT2D eigenvalue weighted by atomic mass is 9.91. The smallest absolute Gasteiger partial charge is 0.397 e. The summed E-state index contributed by atoms with van der Waals surface area (Å²) < 4.78 is 41.1. The van der Waals surface area contributed by atoms with Gasteiger partial charge in [-0.3, -0.25) is 38.3 Å². The zero-order valence-corrected chi connectivity index (χ0v) is 39.1. The largest absolute Gasteiger partial charge is 0.506 e. The topological polar surface area (TPSA) is 372 Å². The van der Waals surface area contributed by atoms with Gasteiger partial charge in [0.1, 0.15) is 60.9 Å². The molecule has 2 bridgehead atoms. The van der Waals surface area contributed by atoms with Gasteiger partial charge in [-0.2, -0.15) is 8.42 Å². The van der Waals surface area contributed by atoms with Gasteiger partial charge in [0.2, 0.25) is 29.5 Å². The summed E-state index contributed by atoms with van der Waals surface area (Å²) in [6, 6.07) is -5.13. The van der Waals surface area contributed by atoms with Crippen molar-refractivity contribution in [3.63, 3.8) is 0 Å². The molecular weight excluding hydrogens is 914 g/mol. The van der Waals surface area contributed by atoms with Crippen LogP contribution in [0.4, 0.5) is 0 Å². The summed E-state index contributed by atoms with van der Waals surface area (Å²) >= 11 is 6.22. The Balaban J connectivity index is 2.26. The Bertz CT molecular complexity index is 2080. The van der Waals surface area contributed by atoms with Crippen LogP contribution in [0.1, 0.15) is 78.7 Å². The fourth-order valence-electron chi connectivity index (χ4n) is 7.31. The SMILES string of the molecule is CC[C@H](C)[C@@H]1NC(=O)C(Cc2ccc(O)c(Cl)c2)N(C)C(=O)[C@@H]([C@@H](C)CC)N2C(=O)[C@H](CC[C@H]2O)NC(=O)C(CCCN=C(N)N)NC(=O)[C@@H](NC(=O)[C@H](O)COS(=O)(=O)O)[C@H](C)OC1=O. The van der Waals surface area contributed by atoms with Crippen molar-refractivity contribution < 1.29 is 70.8 Å². The monoisotopic (exact) mass is 975 g/mol. The molecule has 2 aliphatic rings. The molecule has 12 N–H and O–H groups in total. The second-order valence-electron chi connectivity index (χ2n) is 16.4. The maximum absolute atomic E-state index is 14.8. The molecule has 0 radical (unpaired) electrons. The highest BCUT2D eigenvalue weighted by molar-refractivity contribution is 7.80. The van der Waals surface area contributed by atoms with Crippen LogP contribution < -0.4 is 32.7 Å². The summed E-state index contributed by atoms with van der Waals surface area (Å²) in [7, 11) is -3.83. The number of cyclic esters (lactones) is 1. The third kappa shape index (κ3) is 15.1. The molecule has 0 saturated carbocycles. The van der Waals surface area contributed by atoms with E-state index in [0.29, 0.717) is 12.0 Å². The number of aliphatic imine (C=N–C) groups is 1. The number of phenols is 1. The van der Waals surface area contributed by atoms with Gasteiger partial charge in [-0.25, -0.2) is 8.98 Å². The highest BCUT2D eigenvalue weighted by atomic mass is 35.5. The normalized spacial score (nSPS) is 26.6. The summed E-state index contributed by atoms with van der Waals surface area (Å²) in [6.07, 6.45) is -5.62. The number of phenolic OH excluding ortho intramolecular Hbond substituents is 1. The maximum Gasteiger partial charge on any atom is 0.397 e. The molecule has 2 saturated heterocycles. The lowest BCUT2D eigenvalue weighted by Gasteiger charge is -2.44. The molecular formula is C40H62ClN9O15S. The van der Waals surface area contributed by atoms with Crippen molar-refractivity contribution in [3.8, 4) is 5.75 Å². The molecule has 2 fully saturated rings. The molecule has 0 aliphatic carbocycles. The Hall–Kier alpha value is -5.34. The quantitative estimate of drug-likeness (QED) is 0.0297. The molecule has 0 aromatic heterocycles. The number of halogens is 1. The number of nitrogens with zero attached hydrogens (tertiary/aromatic N) is 3. The van der Waals surface area contributed by atoms with E-state index < -0.39 is 125 Å². The molecule has 1 aromatic rings. The van der Waals surface area contributed by atoms with E-state index in [1.54, 1.807) is 27.7 Å². The van der Waals surface area contributed by atoms with Gasteiger partial charge < -0.3 is 62.6 Å². The van der Waals surface area contributed by atoms with Gasteiger partial charge in [-0.15, -0.1) is 0 Å². The van der Waals surface area contributed by atoms with Crippen LogP contribution in [-0.4, -0.2) is 160 Å². The third-order valence-electron chi connectivity index (χ3n) is 11.6. The van der Waals surface area contributed by atoms with Gasteiger partial charge in [-0.05, 0) is 62.1 Å². The number of guanidine groups is 1. The Morgan fingerprint density at radius 2 is 1.67 bits per heavy atom. The van der Waals surface area contributed by atoms with Crippen molar-refractivity contribution in [1.82, 2.24) is 31.1 Å². The number of ether oxygens (including phenoxy) is 1. The number of amides is 6. The van der Waals surface area contributed by atoms with E-state index in [-0.39, 0.29) is 61.8 Å². The predicted molar refractivity (Wildman–Crippen MR) is 235 cm³/mol. The number of hydrogen-bond acceptors (Lipinski definition) is 15. The second kappa shape index (κ2) is 24.4. The van der Waals surface area contributed by atoms with Crippen LogP contribution in [0.2, 0.25) is 5.02 Å². The van der Waals surface area contributed by atoms with Gasteiger partial charge in [0, 0.05) is 20.0 Å². The molecule has 6 amide bonds.